The Morgan fingerprint density at radius 2 is 2.00 bits per heavy atom. The van der Waals surface area contributed by atoms with E-state index in [1.165, 1.54) is 11.3 Å². The zero-order chi connectivity index (χ0) is 15.7. The third kappa shape index (κ3) is 3.18. The van der Waals surface area contributed by atoms with Crippen LogP contribution in [-0.4, -0.2) is 47.3 Å². The number of piperidine rings is 1. The van der Waals surface area contributed by atoms with E-state index >= 15 is 0 Å². The Bertz CT molecular complexity index is 545. The number of amides is 1. The van der Waals surface area contributed by atoms with Crippen LogP contribution < -0.4 is 4.90 Å². The van der Waals surface area contributed by atoms with E-state index in [-0.39, 0.29) is 6.09 Å². The van der Waals surface area contributed by atoms with Crippen LogP contribution in [0.5, 0.6) is 0 Å². The number of ether oxygens (including phenoxy) is 1. The molecule has 0 saturated carbocycles. The summed E-state index contributed by atoms with van der Waals surface area (Å²) >= 11 is 0. The van der Waals surface area contributed by atoms with Gasteiger partial charge in [-0.1, -0.05) is 0 Å². The highest BCUT2D eigenvalue weighted by Crippen LogP contribution is 2.31. The van der Waals surface area contributed by atoms with Gasteiger partial charge in [0.1, 0.15) is 5.60 Å². The topological polar surface area (TPSA) is 45.7 Å². The van der Waals surface area contributed by atoms with E-state index < -0.39 is 5.60 Å². The first-order valence-electron chi connectivity index (χ1n) is 8.11. The molecule has 0 radical (unpaired) electrons. The summed E-state index contributed by atoms with van der Waals surface area (Å²) in [7, 11) is 0. The van der Waals surface area contributed by atoms with Crippen molar-refractivity contribution in [1.29, 1.82) is 0 Å². The maximum Gasteiger partial charge on any atom is 0.410 e. The Morgan fingerprint density at radius 1 is 1.27 bits per heavy atom. The zero-order valence-corrected chi connectivity index (χ0v) is 13.7. The summed E-state index contributed by atoms with van der Waals surface area (Å²) in [6.07, 6.45) is 6.74. The second-order valence-corrected chi connectivity index (χ2v) is 7.15. The van der Waals surface area contributed by atoms with Gasteiger partial charge in [-0.15, -0.1) is 0 Å². The van der Waals surface area contributed by atoms with E-state index in [0.717, 1.165) is 38.9 Å². The maximum atomic E-state index is 12.1. The first-order chi connectivity index (χ1) is 10.4. The number of anilines is 1. The number of fused-ring (bicyclic) bond motifs is 1. The number of likely N-dealkylation sites (tertiary alicyclic amines) is 1. The first kappa shape index (κ1) is 15.1. The number of hydrogen-bond donors (Lipinski definition) is 0. The van der Waals surface area contributed by atoms with Crippen LogP contribution in [0.2, 0.25) is 0 Å². The molecule has 1 fully saturated rings. The summed E-state index contributed by atoms with van der Waals surface area (Å²) in [6.45, 7) is 8.34. The molecule has 120 valence electrons. The summed E-state index contributed by atoms with van der Waals surface area (Å²) in [6, 6.07) is 2.63. The van der Waals surface area contributed by atoms with Gasteiger partial charge in [0.05, 0.1) is 0 Å². The molecule has 5 heteroatoms. The highest BCUT2D eigenvalue weighted by Gasteiger charge is 2.32. The second-order valence-electron chi connectivity index (χ2n) is 7.15. The number of aromatic nitrogens is 1. The van der Waals surface area contributed by atoms with Gasteiger partial charge in [0.25, 0.3) is 0 Å². The number of nitrogens with zero attached hydrogens (tertiary/aromatic N) is 3. The molecule has 1 saturated heterocycles. The Hall–Kier alpha value is -1.78. The molecule has 1 aromatic heterocycles. The van der Waals surface area contributed by atoms with Gasteiger partial charge in [-0.25, -0.2) is 4.79 Å². The standard InChI is InChI=1S/C17H25N3O2/c1-17(2,3)22-16(21)19-9-6-14(7-10-19)20-11-5-13-12-18-8-4-15(13)20/h4,8,12,14H,5-7,9-11H2,1-3H3. The molecule has 22 heavy (non-hydrogen) atoms. The molecule has 2 aliphatic heterocycles. The Morgan fingerprint density at radius 3 is 2.68 bits per heavy atom. The van der Waals surface area contributed by atoms with Crippen molar-refractivity contribution in [2.45, 2.75) is 51.7 Å². The third-order valence-electron chi connectivity index (χ3n) is 4.37. The summed E-state index contributed by atoms with van der Waals surface area (Å²) in [5.74, 6) is 0. The van der Waals surface area contributed by atoms with Crippen molar-refractivity contribution in [1.82, 2.24) is 9.88 Å². The Labute approximate surface area is 132 Å². The SMILES string of the molecule is CC(C)(C)OC(=O)N1CCC(N2CCc3cnccc32)CC1. The van der Waals surface area contributed by atoms with Crippen molar-refractivity contribution in [2.24, 2.45) is 0 Å². The zero-order valence-electron chi connectivity index (χ0n) is 13.7. The average molecular weight is 303 g/mol. The molecule has 1 amide bonds. The summed E-state index contributed by atoms with van der Waals surface area (Å²) < 4.78 is 5.46. The fourth-order valence-electron chi connectivity index (χ4n) is 3.32. The molecule has 0 unspecified atom stereocenters. The largest absolute Gasteiger partial charge is 0.444 e. The molecule has 3 heterocycles. The summed E-state index contributed by atoms with van der Waals surface area (Å²) in [4.78, 5) is 20.7. The Kier molecular flexibility index (Phi) is 3.98. The van der Waals surface area contributed by atoms with Crippen LogP contribution in [-0.2, 0) is 11.2 Å². The molecule has 0 aromatic carbocycles. The number of rotatable bonds is 1. The quantitative estimate of drug-likeness (QED) is 0.800. The van der Waals surface area contributed by atoms with E-state index in [4.69, 9.17) is 4.74 Å². The number of carbonyl (C=O) groups is 1. The van der Waals surface area contributed by atoms with Gasteiger partial charge in [0.2, 0.25) is 0 Å². The monoisotopic (exact) mass is 303 g/mol. The van der Waals surface area contributed by atoms with Crippen molar-refractivity contribution >= 4 is 11.8 Å². The van der Waals surface area contributed by atoms with Crippen molar-refractivity contribution in [3.05, 3.63) is 24.0 Å². The minimum atomic E-state index is -0.422. The van der Waals surface area contributed by atoms with E-state index in [0.29, 0.717) is 6.04 Å². The van der Waals surface area contributed by atoms with E-state index in [1.54, 1.807) is 0 Å². The third-order valence-corrected chi connectivity index (χ3v) is 4.37. The molecule has 0 aliphatic carbocycles. The fraction of sp³-hybridized carbons (Fsp3) is 0.647. The molecule has 2 aliphatic rings. The molecule has 0 spiro atoms. The highest BCUT2D eigenvalue weighted by molar-refractivity contribution is 5.68. The minimum absolute atomic E-state index is 0.183. The van der Waals surface area contributed by atoms with E-state index in [9.17, 15) is 4.79 Å². The van der Waals surface area contributed by atoms with Gasteiger partial charge in [-0.05, 0) is 51.7 Å². The molecule has 1 aromatic rings. The van der Waals surface area contributed by atoms with Gasteiger partial charge >= 0.3 is 6.09 Å². The lowest BCUT2D eigenvalue weighted by atomic mass is 10.0. The van der Waals surface area contributed by atoms with Crippen LogP contribution >= 0.6 is 0 Å². The predicted octanol–water partition coefficient (Wildman–Crippen LogP) is 2.84. The van der Waals surface area contributed by atoms with Crippen molar-refractivity contribution in [3.63, 3.8) is 0 Å². The number of hydrogen-bond acceptors (Lipinski definition) is 4. The molecule has 0 atom stereocenters. The van der Waals surface area contributed by atoms with Gasteiger partial charge in [0, 0.05) is 43.8 Å². The first-order valence-corrected chi connectivity index (χ1v) is 8.11. The van der Waals surface area contributed by atoms with Crippen LogP contribution in [0, 0.1) is 0 Å². The van der Waals surface area contributed by atoms with Crippen LogP contribution in [0.25, 0.3) is 0 Å². The number of pyridine rings is 1. The predicted molar refractivity (Wildman–Crippen MR) is 86.1 cm³/mol. The number of carbonyl (C=O) groups excluding carboxylic acids is 1. The molecule has 0 bridgehead atoms. The Balaban J connectivity index is 1.58. The van der Waals surface area contributed by atoms with Crippen LogP contribution in [0.15, 0.2) is 18.5 Å². The lowest BCUT2D eigenvalue weighted by Gasteiger charge is -2.38. The van der Waals surface area contributed by atoms with Crippen LogP contribution in [0.3, 0.4) is 0 Å². The highest BCUT2D eigenvalue weighted by atomic mass is 16.6. The average Bonchev–Trinajstić information content (AvgIpc) is 2.89. The molecule has 5 nitrogen and oxygen atoms in total. The fourth-order valence-corrected chi connectivity index (χ4v) is 3.32. The van der Waals surface area contributed by atoms with Crippen LogP contribution in [0.1, 0.15) is 39.2 Å². The van der Waals surface area contributed by atoms with Gasteiger partial charge < -0.3 is 14.5 Å². The molecular weight excluding hydrogens is 278 g/mol. The van der Waals surface area contributed by atoms with Gasteiger partial charge in [-0.3, -0.25) is 4.98 Å². The van der Waals surface area contributed by atoms with Crippen molar-refractivity contribution < 1.29 is 9.53 Å². The second kappa shape index (κ2) is 5.78. The van der Waals surface area contributed by atoms with E-state index in [1.807, 2.05) is 38.1 Å². The smallest absolute Gasteiger partial charge is 0.410 e. The minimum Gasteiger partial charge on any atom is -0.444 e. The van der Waals surface area contributed by atoms with Crippen molar-refractivity contribution in [2.75, 3.05) is 24.5 Å². The summed E-state index contributed by atoms with van der Waals surface area (Å²) in [5, 5.41) is 0. The van der Waals surface area contributed by atoms with Crippen LogP contribution in [0.4, 0.5) is 10.5 Å². The van der Waals surface area contributed by atoms with Gasteiger partial charge in [0.15, 0.2) is 0 Å². The molecular formula is C17H25N3O2. The maximum absolute atomic E-state index is 12.1. The summed E-state index contributed by atoms with van der Waals surface area (Å²) in [5.41, 5.74) is 2.25. The normalized spacial score (nSPS) is 19.2. The van der Waals surface area contributed by atoms with E-state index in [2.05, 4.69) is 16.0 Å². The van der Waals surface area contributed by atoms with Crippen molar-refractivity contribution in [3.8, 4) is 0 Å². The lowest BCUT2D eigenvalue weighted by molar-refractivity contribution is 0.0205. The molecule has 3 rings (SSSR count). The lowest BCUT2D eigenvalue weighted by Crippen LogP contribution is -2.47. The van der Waals surface area contributed by atoms with Gasteiger partial charge in [-0.2, -0.15) is 0 Å². The molecule has 0 N–H and O–H groups in total.